The Morgan fingerprint density at radius 3 is 2.67 bits per heavy atom. The Morgan fingerprint density at radius 2 is 1.97 bits per heavy atom. The van der Waals surface area contributed by atoms with Crippen LogP contribution in [0.3, 0.4) is 0 Å². The number of aromatic nitrogens is 1. The van der Waals surface area contributed by atoms with Crippen molar-refractivity contribution in [1.29, 1.82) is 0 Å². The number of oxazole rings is 1. The van der Waals surface area contributed by atoms with E-state index in [4.69, 9.17) is 9.15 Å². The van der Waals surface area contributed by atoms with Crippen LogP contribution in [0.1, 0.15) is 34.4 Å². The van der Waals surface area contributed by atoms with Crippen molar-refractivity contribution in [3.05, 3.63) is 47.2 Å². The average Bonchev–Trinajstić information content (AvgIpc) is 3.19. The SMILES string of the molecule is CCOCC(O)CN1CCN(Cc2nc(C(=O)Nc3ccc(C)c(C)c3)co2)CC1. The first kappa shape index (κ1) is 22.4. The lowest BCUT2D eigenvalue weighted by atomic mass is 10.1. The quantitative estimate of drug-likeness (QED) is 0.647. The number of nitrogens with zero attached hydrogens (tertiary/aromatic N) is 3. The van der Waals surface area contributed by atoms with Crippen molar-refractivity contribution >= 4 is 11.6 Å². The summed E-state index contributed by atoms with van der Waals surface area (Å²) in [6.07, 6.45) is 0.952. The number of aliphatic hydroxyl groups excluding tert-OH is 1. The highest BCUT2D eigenvalue weighted by molar-refractivity contribution is 6.02. The van der Waals surface area contributed by atoms with Crippen molar-refractivity contribution < 1.29 is 19.1 Å². The predicted octanol–water partition coefficient (Wildman–Crippen LogP) is 2.06. The lowest BCUT2D eigenvalue weighted by Gasteiger charge is -2.34. The summed E-state index contributed by atoms with van der Waals surface area (Å²) in [6.45, 7) is 11.6. The average molecular weight is 417 g/mol. The second-order valence-electron chi connectivity index (χ2n) is 7.77. The molecule has 0 aliphatic carbocycles. The zero-order valence-corrected chi connectivity index (χ0v) is 18.1. The molecule has 8 heteroatoms. The number of hydrogen-bond acceptors (Lipinski definition) is 7. The molecule has 1 unspecified atom stereocenters. The Balaban J connectivity index is 1.45. The molecule has 1 aliphatic heterocycles. The molecule has 1 aromatic carbocycles. The van der Waals surface area contributed by atoms with Gasteiger partial charge in [-0.1, -0.05) is 6.07 Å². The van der Waals surface area contributed by atoms with E-state index in [2.05, 4.69) is 20.1 Å². The minimum absolute atomic E-state index is 0.277. The summed E-state index contributed by atoms with van der Waals surface area (Å²) in [5.41, 5.74) is 3.33. The molecule has 30 heavy (non-hydrogen) atoms. The second kappa shape index (κ2) is 10.7. The third-order valence-electron chi connectivity index (χ3n) is 5.36. The van der Waals surface area contributed by atoms with Crippen LogP contribution in [0, 0.1) is 13.8 Å². The van der Waals surface area contributed by atoms with Gasteiger partial charge in [-0.3, -0.25) is 14.6 Å². The van der Waals surface area contributed by atoms with E-state index in [1.165, 1.54) is 11.8 Å². The van der Waals surface area contributed by atoms with Gasteiger partial charge >= 0.3 is 0 Å². The molecule has 0 saturated carbocycles. The fourth-order valence-electron chi connectivity index (χ4n) is 3.43. The second-order valence-corrected chi connectivity index (χ2v) is 7.77. The number of aliphatic hydroxyl groups is 1. The molecular weight excluding hydrogens is 384 g/mol. The van der Waals surface area contributed by atoms with Crippen molar-refractivity contribution in [3.8, 4) is 0 Å². The van der Waals surface area contributed by atoms with E-state index in [1.807, 2.05) is 39.0 Å². The van der Waals surface area contributed by atoms with Gasteiger partial charge in [-0.05, 0) is 44.0 Å². The summed E-state index contributed by atoms with van der Waals surface area (Å²) in [6, 6.07) is 5.81. The van der Waals surface area contributed by atoms with Crippen LogP contribution in [-0.2, 0) is 11.3 Å². The van der Waals surface area contributed by atoms with Gasteiger partial charge in [0, 0.05) is 45.0 Å². The van der Waals surface area contributed by atoms with Gasteiger partial charge in [-0.15, -0.1) is 0 Å². The zero-order valence-electron chi connectivity index (χ0n) is 18.1. The molecule has 1 aliphatic rings. The molecule has 1 atom stereocenters. The van der Waals surface area contributed by atoms with Gasteiger partial charge in [0.1, 0.15) is 6.26 Å². The topological polar surface area (TPSA) is 91.1 Å². The minimum atomic E-state index is -0.457. The maximum atomic E-state index is 12.4. The first-order valence-electron chi connectivity index (χ1n) is 10.5. The van der Waals surface area contributed by atoms with Crippen molar-refractivity contribution in [2.24, 2.45) is 0 Å². The molecule has 1 amide bonds. The smallest absolute Gasteiger partial charge is 0.277 e. The maximum absolute atomic E-state index is 12.4. The number of rotatable bonds is 9. The van der Waals surface area contributed by atoms with Crippen LogP contribution in [0.5, 0.6) is 0 Å². The van der Waals surface area contributed by atoms with Crippen LogP contribution in [0.4, 0.5) is 5.69 Å². The third kappa shape index (κ3) is 6.37. The van der Waals surface area contributed by atoms with Gasteiger partial charge in [0.15, 0.2) is 5.69 Å². The van der Waals surface area contributed by atoms with Crippen LogP contribution in [0.15, 0.2) is 28.9 Å². The summed E-state index contributed by atoms with van der Waals surface area (Å²) in [5, 5.41) is 12.8. The molecule has 164 valence electrons. The van der Waals surface area contributed by atoms with Crippen molar-refractivity contribution in [1.82, 2.24) is 14.8 Å². The van der Waals surface area contributed by atoms with Gasteiger partial charge in [-0.2, -0.15) is 0 Å². The number of hydrogen-bond donors (Lipinski definition) is 2. The number of β-amino-alcohol motifs (C(OH)–C–C–N with tert-alkyl or cyclic N) is 1. The normalized spacial score (nSPS) is 16.5. The monoisotopic (exact) mass is 416 g/mol. The summed E-state index contributed by atoms with van der Waals surface area (Å²) < 4.78 is 10.8. The summed E-state index contributed by atoms with van der Waals surface area (Å²) in [5.74, 6) is 0.256. The van der Waals surface area contributed by atoms with Crippen LogP contribution in [-0.4, -0.2) is 77.8 Å². The number of aryl methyl sites for hydroxylation is 2. The maximum Gasteiger partial charge on any atom is 0.277 e. The van der Waals surface area contributed by atoms with E-state index in [9.17, 15) is 9.90 Å². The molecule has 2 aromatic rings. The summed E-state index contributed by atoms with van der Waals surface area (Å²) in [4.78, 5) is 21.3. The molecule has 8 nitrogen and oxygen atoms in total. The number of piperazine rings is 1. The molecule has 2 heterocycles. The van der Waals surface area contributed by atoms with E-state index in [1.54, 1.807) is 0 Å². The highest BCUT2D eigenvalue weighted by Crippen LogP contribution is 2.16. The number of anilines is 1. The Labute approximate surface area is 177 Å². The number of carbonyl (C=O) groups is 1. The molecule has 2 N–H and O–H groups in total. The lowest BCUT2D eigenvalue weighted by Crippen LogP contribution is -2.48. The predicted molar refractivity (Wildman–Crippen MR) is 115 cm³/mol. The Kier molecular flexibility index (Phi) is 7.98. The molecule has 1 saturated heterocycles. The zero-order chi connectivity index (χ0) is 21.5. The van der Waals surface area contributed by atoms with Gasteiger partial charge < -0.3 is 19.6 Å². The fourth-order valence-corrected chi connectivity index (χ4v) is 3.43. The largest absolute Gasteiger partial charge is 0.447 e. The fraction of sp³-hybridized carbons (Fsp3) is 0.545. The standard InChI is InChI=1S/C22H32N4O4/c1-4-29-14-19(27)12-25-7-9-26(10-8-25)13-21-24-20(15-30-21)22(28)23-18-6-5-16(2)17(3)11-18/h5-6,11,15,19,27H,4,7-10,12-14H2,1-3H3,(H,23,28). The van der Waals surface area contributed by atoms with Crippen molar-refractivity contribution in [2.45, 2.75) is 33.4 Å². The van der Waals surface area contributed by atoms with Gasteiger partial charge in [-0.25, -0.2) is 4.98 Å². The Bertz CT molecular complexity index is 830. The van der Waals surface area contributed by atoms with Crippen LogP contribution >= 0.6 is 0 Å². The number of carbonyl (C=O) groups excluding carboxylic acids is 1. The lowest BCUT2D eigenvalue weighted by molar-refractivity contribution is 0.00949. The summed E-state index contributed by atoms with van der Waals surface area (Å²) in [7, 11) is 0. The van der Waals surface area contributed by atoms with E-state index >= 15 is 0 Å². The van der Waals surface area contributed by atoms with E-state index in [0.29, 0.717) is 32.2 Å². The molecule has 0 radical (unpaired) electrons. The highest BCUT2D eigenvalue weighted by Gasteiger charge is 2.21. The number of nitrogens with one attached hydrogen (secondary N) is 1. The molecule has 1 fully saturated rings. The Morgan fingerprint density at radius 1 is 1.23 bits per heavy atom. The van der Waals surface area contributed by atoms with Gasteiger partial charge in [0.05, 0.1) is 19.3 Å². The minimum Gasteiger partial charge on any atom is -0.447 e. The van der Waals surface area contributed by atoms with Crippen LogP contribution in [0.2, 0.25) is 0 Å². The van der Waals surface area contributed by atoms with E-state index in [0.717, 1.165) is 37.4 Å². The molecule has 1 aromatic heterocycles. The molecule has 3 rings (SSSR count). The van der Waals surface area contributed by atoms with Gasteiger partial charge in [0.25, 0.3) is 5.91 Å². The third-order valence-corrected chi connectivity index (χ3v) is 5.36. The number of benzene rings is 1. The first-order chi connectivity index (χ1) is 14.4. The molecule has 0 bridgehead atoms. The van der Waals surface area contributed by atoms with Crippen LogP contribution < -0.4 is 5.32 Å². The van der Waals surface area contributed by atoms with Crippen molar-refractivity contribution in [3.63, 3.8) is 0 Å². The van der Waals surface area contributed by atoms with Crippen molar-refractivity contribution in [2.75, 3.05) is 51.3 Å². The van der Waals surface area contributed by atoms with E-state index in [-0.39, 0.29) is 11.6 Å². The van der Waals surface area contributed by atoms with E-state index < -0.39 is 6.10 Å². The van der Waals surface area contributed by atoms with Crippen LogP contribution in [0.25, 0.3) is 0 Å². The number of amides is 1. The summed E-state index contributed by atoms with van der Waals surface area (Å²) >= 11 is 0. The highest BCUT2D eigenvalue weighted by atomic mass is 16.5. The number of ether oxygens (including phenoxy) is 1. The van der Waals surface area contributed by atoms with Gasteiger partial charge in [0.2, 0.25) is 5.89 Å². The Hall–Kier alpha value is -2.26. The molecular formula is C22H32N4O4. The molecule has 0 spiro atoms. The first-order valence-corrected chi connectivity index (χ1v) is 10.5.